The van der Waals surface area contributed by atoms with Crippen LogP contribution in [0.25, 0.3) is 0 Å². The van der Waals surface area contributed by atoms with Gasteiger partial charge in [-0.1, -0.05) is 0 Å². The number of hydrogen-bond acceptors (Lipinski definition) is 3. The molecule has 4 nitrogen and oxygen atoms in total. The van der Waals surface area contributed by atoms with Crippen LogP contribution in [0, 0.1) is 0 Å². The normalized spacial score (nSPS) is 14.7. The van der Waals surface area contributed by atoms with Gasteiger partial charge in [0.2, 0.25) is 0 Å². The van der Waals surface area contributed by atoms with Gasteiger partial charge in [0.15, 0.2) is 0 Å². The molecule has 0 aromatic carbocycles. The van der Waals surface area contributed by atoms with Crippen LogP contribution in [0.4, 0.5) is 0 Å². The first kappa shape index (κ1) is 14.7. The van der Waals surface area contributed by atoms with Crippen molar-refractivity contribution in [1.82, 2.24) is 14.7 Å². The van der Waals surface area contributed by atoms with Crippen molar-refractivity contribution < 1.29 is 4.21 Å². The largest absolute Gasteiger partial charge is 0.242 e. The summed E-state index contributed by atoms with van der Waals surface area (Å²) < 4.78 is 15.6. The summed E-state index contributed by atoms with van der Waals surface area (Å²) in [4.78, 5) is 8.46. The summed E-state index contributed by atoms with van der Waals surface area (Å²) in [7, 11) is -1.15. The van der Waals surface area contributed by atoms with Crippen LogP contribution < -0.4 is 4.72 Å². The fraction of sp³-hybridized carbons (Fsp3) is 0.636. The van der Waals surface area contributed by atoms with Crippen LogP contribution in [0.1, 0.15) is 40.4 Å². The minimum Gasteiger partial charge on any atom is -0.242 e. The molecule has 0 radical (unpaired) electrons. The van der Waals surface area contributed by atoms with Crippen molar-refractivity contribution in [3.05, 3.63) is 22.7 Å². The SMILES string of the molecule is CC(C)(NS(=O)C(C)(C)C)c1ncc(Br)cn1. The molecular formula is C11H18BrN3OS. The Hall–Kier alpha value is -0.330. The molecule has 1 heterocycles. The van der Waals surface area contributed by atoms with E-state index in [0.717, 1.165) is 4.47 Å². The van der Waals surface area contributed by atoms with Gasteiger partial charge in [0.1, 0.15) is 5.82 Å². The third-order valence-electron chi connectivity index (χ3n) is 2.08. The third kappa shape index (κ3) is 4.12. The number of rotatable bonds is 3. The van der Waals surface area contributed by atoms with Gasteiger partial charge in [0.25, 0.3) is 0 Å². The smallest absolute Gasteiger partial charge is 0.148 e. The molecule has 1 atom stereocenters. The standard InChI is InChI=1S/C11H18BrN3OS/c1-10(2,3)17(16)15-11(4,5)9-13-6-8(12)7-14-9/h6-7,15H,1-5H3. The first-order valence-electron chi connectivity index (χ1n) is 5.30. The molecule has 1 aromatic heterocycles. The van der Waals surface area contributed by atoms with Crippen molar-refractivity contribution in [3.63, 3.8) is 0 Å². The first-order chi connectivity index (χ1) is 7.63. The Morgan fingerprint density at radius 2 is 1.65 bits per heavy atom. The highest BCUT2D eigenvalue weighted by Crippen LogP contribution is 2.20. The van der Waals surface area contributed by atoms with Gasteiger partial charge in [-0.25, -0.2) is 18.9 Å². The van der Waals surface area contributed by atoms with Crippen molar-refractivity contribution in [3.8, 4) is 0 Å². The highest BCUT2D eigenvalue weighted by atomic mass is 79.9. The third-order valence-corrected chi connectivity index (χ3v) is 4.30. The molecule has 6 heteroatoms. The van der Waals surface area contributed by atoms with Crippen LogP contribution in [0.3, 0.4) is 0 Å². The number of halogens is 1. The second kappa shape index (κ2) is 5.12. The summed E-state index contributed by atoms with van der Waals surface area (Å²) in [5.41, 5.74) is -0.529. The minimum absolute atomic E-state index is 0.313. The molecule has 0 aliphatic heterocycles. The second-order valence-corrected chi connectivity index (χ2v) is 8.22. The molecule has 0 bridgehead atoms. The Balaban J connectivity index is 2.89. The van der Waals surface area contributed by atoms with E-state index in [-0.39, 0.29) is 4.75 Å². The molecule has 17 heavy (non-hydrogen) atoms. The minimum atomic E-state index is -1.15. The van der Waals surface area contributed by atoms with E-state index in [1.165, 1.54) is 0 Å². The monoisotopic (exact) mass is 319 g/mol. The lowest BCUT2D eigenvalue weighted by Gasteiger charge is -2.28. The summed E-state index contributed by atoms with van der Waals surface area (Å²) in [5, 5.41) is 0. The molecule has 0 saturated heterocycles. The number of nitrogens with zero attached hydrogens (tertiary/aromatic N) is 2. The molecule has 1 aromatic rings. The highest BCUT2D eigenvalue weighted by Gasteiger charge is 2.30. The van der Waals surface area contributed by atoms with E-state index < -0.39 is 16.5 Å². The quantitative estimate of drug-likeness (QED) is 0.931. The summed E-state index contributed by atoms with van der Waals surface area (Å²) in [6.07, 6.45) is 3.37. The average Bonchev–Trinajstić information content (AvgIpc) is 2.16. The maximum atomic E-state index is 12.1. The molecule has 0 fully saturated rings. The van der Waals surface area contributed by atoms with Crippen LogP contribution in [0.15, 0.2) is 16.9 Å². The molecule has 0 aliphatic carbocycles. The van der Waals surface area contributed by atoms with Crippen LogP contribution in [-0.2, 0) is 16.5 Å². The van der Waals surface area contributed by atoms with Crippen molar-refractivity contribution in [2.45, 2.75) is 44.9 Å². The number of hydrogen-bond donors (Lipinski definition) is 1. The molecule has 1 unspecified atom stereocenters. The number of nitrogens with one attached hydrogen (secondary N) is 1. The van der Waals surface area contributed by atoms with Gasteiger partial charge in [0.05, 0.1) is 25.7 Å². The van der Waals surface area contributed by atoms with Gasteiger partial charge in [0, 0.05) is 12.4 Å². The lowest BCUT2D eigenvalue weighted by molar-refractivity contribution is 0.457. The fourth-order valence-corrected chi connectivity index (χ4v) is 2.13. The first-order valence-corrected chi connectivity index (χ1v) is 7.25. The zero-order chi connectivity index (χ0) is 13.3. The molecule has 96 valence electrons. The van der Waals surface area contributed by atoms with Crippen molar-refractivity contribution in [1.29, 1.82) is 0 Å². The highest BCUT2D eigenvalue weighted by molar-refractivity contribution is 9.10. The Bertz CT molecular complexity index is 412. The Morgan fingerprint density at radius 1 is 1.18 bits per heavy atom. The van der Waals surface area contributed by atoms with Crippen molar-refractivity contribution >= 4 is 26.9 Å². The van der Waals surface area contributed by atoms with Gasteiger partial charge in [-0.3, -0.25) is 0 Å². The molecule has 1 N–H and O–H groups in total. The predicted molar refractivity (Wildman–Crippen MR) is 73.8 cm³/mol. The summed E-state index contributed by atoms with van der Waals surface area (Å²) in [5.74, 6) is 0.623. The predicted octanol–water partition coefficient (Wildman–Crippen LogP) is 2.53. The zero-order valence-corrected chi connectivity index (χ0v) is 13.1. The van der Waals surface area contributed by atoms with E-state index in [4.69, 9.17) is 0 Å². The van der Waals surface area contributed by atoms with Crippen LogP contribution in [0.2, 0.25) is 0 Å². The van der Waals surface area contributed by atoms with Crippen LogP contribution in [0.5, 0.6) is 0 Å². The topological polar surface area (TPSA) is 54.9 Å². The molecular weight excluding hydrogens is 302 g/mol. The fourth-order valence-electron chi connectivity index (χ4n) is 1.07. The van der Waals surface area contributed by atoms with Crippen LogP contribution >= 0.6 is 15.9 Å². The summed E-state index contributed by atoms with van der Waals surface area (Å²) in [6.45, 7) is 9.61. The molecule has 1 rings (SSSR count). The second-order valence-electron chi connectivity index (χ2n) is 5.33. The average molecular weight is 320 g/mol. The maximum absolute atomic E-state index is 12.1. The van der Waals surface area contributed by atoms with E-state index >= 15 is 0 Å². The van der Waals surface area contributed by atoms with E-state index in [1.807, 2.05) is 34.6 Å². The molecule has 0 saturated carbocycles. The van der Waals surface area contributed by atoms with Crippen LogP contribution in [-0.4, -0.2) is 18.9 Å². The van der Waals surface area contributed by atoms with Crippen molar-refractivity contribution in [2.75, 3.05) is 0 Å². The maximum Gasteiger partial charge on any atom is 0.148 e. The Labute approximate surface area is 113 Å². The van der Waals surface area contributed by atoms with Gasteiger partial charge in [-0.05, 0) is 50.5 Å². The Kier molecular flexibility index (Phi) is 4.43. The zero-order valence-electron chi connectivity index (χ0n) is 10.7. The van der Waals surface area contributed by atoms with Gasteiger partial charge < -0.3 is 0 Å². The van der Waals surface area contributed by atoms with E-state index in [2.05, 4.69) is 30.6 Å². The lowest BCUT2D eigenvalue weighted by atomic mass is 10.1. The summed E-state index contributed by atoms with van der Waals surface area (Å²) in [6, 6.07) is 0. The Morgan fingerprint density at radius 3 is 2.06 bits per heavy atom. The lowest BCUT2D eigenvalue weighted by Crippen LogP contribution is -2.45. The van der Waals surface area contributed by atoms with Gasteiger partial charge in [-0.15, -0.1) is 0 Å². The van der Waals surface area contributed by atoms with Crippen molar-refractivity contribution in [2.24, 2.45) is 0 Å². The molecule has 0 spiro atoms. The van der Waals surface area contributed by atoms with Gasteiger partial charge in [-0.2, -0.15) is 0 Å². The molecule has 0 amide bonds. The van der Waals surface area contributed by atoms with Gasteiger partial charge >= 0.3 is 0 Å². The number of aromatic nitrogens is 2. The van der Waals surface area contributed by atoms with E-state index in [0.29, 0.717) is 5.82 Å². The van der Waals surface area contributed by atoms with E-state index in [9.17, 15) is 4.21 Å². The molecule has 0 aliphatic rings. The van der Waals surface area contributed by atoms with E-state index in [1.54, 1.807) is 12.4 Å². The summed E-state index contributed by atoms with van der Waals surface area (Å²) >= 11 is 3.29.